The fraction of sp³-hybridized carbons (Fsp3) is 0.565. The first kappa shape index (κ1) is 21.6. The van der Waals surface area contributed by atoms with Gasteiger partial charge in [-0.3, -0.25) is 10.3 Å². The van der Waals surface area contributed by atoms with Crippen molar-refractivity contribution in [2.24, 2.45) is 4.99 Å². The molecule has 4 N–H and O–H groups in total. The molecule has 1 saturated carbocycles. The first-order valence-electron chi connectivity index (χ1n) is 11.0. The molecule has 31 heavy (non-hydrogen) atoms. The van der Waals surface area contributed by atoms with E-state index in [9.17, 15) is 0 Å². The number of anilines is 1. The average Bonchev–Trinajstić information content (AvgIpc) is 3.51. The van der Waals surface area contributed by atoms with Gasteiger partial charge in [0.2, 0.25) is 0 Å². The number of nitrogens with zero attached hydrogens (tertiary/aromatic N) is 3. The second kappa shape index (κ2) is 8.88. The fourth-order valence-electron chi connectivity index (χ4n) is 4.04. The molecule has 1 aromatic carbocycles. The first-order chi connectivity index (χ1) is 14.9. The summed E-state index contributed by atoms with van der Waals surface area (Å²) in [6.45, 7) is 9.28. The summed E-state index contributed by atoms with van der Waals surface area (Å²) in [7, 11) is 1.75. The van der Waals surface area contributed by atoms with Crippen molar-refractivity contribution in [3.05, 3.63) is 35.5 Å². The molecular weight excluding hydrogens is 392 g/mol. The van der Waals surface area contributed by atoms with E-state index in [1.165, 1.54) is 0 Å². The third-order valence-electron chi connectivity index (χ3n) is 6.34. The van der Waals surface area contributed by atoms with Crippen molar-refractivity contribution in [3.63, 3.8) is 0 Å². The lowest BCUT2D eigenvalue weighted by molar-refractivity contribution is 0.0744. The topological polar surface area (TPSA) is 99.2 Å². The van der Waals surface area contributed by atoms with Gasteiger partial charge < -0.3 is 25.4 Å². The van der Waals surface area contributed by atoms with Gasteiger partial charge in [0.15, 0.2) is 0 Å². The number of nitrogen functional groups attached to an aromatic ring is 1. The van der Waals surface area contributed by atoms with Gasteiger partial charge in [-0.15, -0.1) is 0 Å². The predicted molar refractivity (Wildman–Crippen MR) is 124 cm³/mol. The number of piperazine rings is 1. The molecule has 168 valence electrons. The normalized spacial score (nSPS) is 21.6. The summed E-state index contributed by atoms with van der Waals surface area (Å²) in [5.41, 5.74) is 8.50. The number of nitrogens with two attached hydrogens (primary N) is 1. The average molecular weight is 427 g/mol. The van der Waals surface area contributed by atoms with Crippen LogP contribution in [0.3, 0.4) is 0 Å². The SMILES string of the molecule is COCC(C)N1CCN(C2=NCNC(C(=N)c3cc(OC4(C)CC4)ccc3N)=C2)CC1. The van der Waals surface area contributed by atoms with Crippen LogP contribution in [0.25, 0.3) is 0 Å². The quantitative estimate of drug-likeness (QED) is 0.456. The van der Waals surface area contributed by atoms with E-state index in [-0.39, 0.29) is 5.60 Å². The number of rotatable bonds is 7. The molecule has 0 bridgehead atoms. The summed E-state index contributed by atoms with van der Waals surface area (Å²) in [5.74, 6) is 1.69. The van der Waals surface area contributed by atoms with Gasteiger partial charge in [0.25, 0.3) is 0 Å². The molecule has 2 heterocycles. The second-order valence-electron chi connectivity index (χ2n) is 8.91. The molecule has 0 aromatic heterocycles. The zero-order valence-corrected chi connectivity index (χ0v) is 18.8. The van der Waals surface area contributed by atoms with Crippen LogP contribution in [0.4, 0.5) is 5.69 Å². The molecular formula is C23H34N6O2. The Labute approximate surface area is 184 Å². The lowest BCUT2D eigenvalue weighted by Gasteiger charge is -2.39. The molecule has 0 spiro atoms. The van der Waals surface area contributed by atoms with Crippen molar-refractivity contribution < 1.29 is 9.47 Å². The monoisotopic (exact) mass is 426 g/mol. The number of amidine groups is 1. The van der Waals surface area contributed by atoms with Gasteiger partial charge in [-0.2, -0.15) is 0 Å². The third kappa shape index (κ3) is 5.02. The largest absolute Gasteiger partial charge is 0.488 e. The number of ether oxygens (including phenoxy) is 2. The van der Waals surface area contributed by atoms with E-state index in [2.05, 4.69) is 34.0 Å². The Morgan fingerprint density at radius 2 is 2.03 bits per heavy atom. The molecule has 4 rings (SSSR count). The molecule has 2 fully saturated rings. The number of nitrogens with one attached hydrogen (secondary N) is 2. The van der Waals surface area contributed by atoms with Crippen molar-refractivity contribution in [1.29, 1.82) is 5.41 Å². The standard InChI is InChI=1S/C23H34N6O2/c1-16(14-30-3)28-8-10-29(11-9-28)21-13-20(26-15-27-21)22(25)18-12-17(4-5-19(18)24)31-23(2)6-7-23/h4-5,12-13,16,25-26H,6-11,14-15,24H2,1-3H3. The van der Waals surface area contributed by atoms with Crippen LogP contribution < -0.4 is 15.8 Å². The number of benzene rings is 1. The Morgan fingerprint density at radius 3 is 2.71 bits per heavy atom. The molecule has 8 nitrogen and oxygen atoms in total. The van der Waals surface area contributed by atoms with Crippen molar-refractivity contribution in [2.45, 2.75) is 38.3 Å². The van der Waals surface area contributed by atoms with Gasteiger partial charge in [-0.25, -0.2) is 4.99 Å². The van der Waals surface area contributed by atoms with E-state index in [0.717, 1.165) is 62.9 Å². The summed E-state index contributed by atoms with van der Waals surface area (Å²) in [6.07, 6.45) is 4.09. The summed E-state index contributed by atoms with van der Waals surface area (Å²) in [4.78, 5) is 9.38. The Bertz CT molecular complexity index is 884. The lowest BCUT2D eigenvalue weighted by atomic mass is 10.0. The molecule has 1 saturated heterocycles. The second-order valence-corrected chi connectivity index (χ2v) is 8.91. The molecule has 1 atom stereocenters. The highest BCUT2D eigenvalue weighted by molar-refractivity contribution is 6.16. The third-order valence-corrected chi connectivity index (χ3v) is 6.34. The molecule has 1 unspecified atom stereocenters. The Balaban J connectivity index is 1.44. The first-order valence-corrected chi connectivity index (χ1v) is 11.0. The zero-order valence-electron chi connectivity index (χ0n) is 18.8. The number of hydrogen-bond donors (Lipinski definition) is 3. The van der Waals surface area contributed by atoms with Crippen molar-refractivity contribution in [3.8, 4) is 5.75 Å². The number of aliphatic imine (C=N–C) groups is 1. The molecule has 1 aliphatic carbocycles. The van der Waals surface area contributed by atoms with Crippen LogP contribution in [0.1, 0.15) is 32.3 Å². The van der Waals surface area contributed by atoms with E-state index >= 15 is 0 Å². The van der Waals surface area contributed by atoms with Crippen molar-refractivity contribution in [2.75, 3.05) is 52.3 Å². The lowest BCUT2D eigenvalue weighted by Crippen LogP contribution is -2.52. The van der Waals surface area contributed by atoms with Crippen LogP contribution in [-0.2, 0) is 4.74 Å². The maximum absolute atomic E-state index is 8.78. The summed E-state index contributed by atoms with van der Waals surface area (Å²) in [6, 6.07) is 6.00. The summed E-state index contributed by atoms with van der Waals surface area (Å²) >= 11 is 0. The Hall–Kier alpha value is -2.58. The predicted octanol–water partition coefficient (Wildman–Crippen LogP) is 2.06. The molecule has 3 aliphatic rings. The highest BCUT2D eigenvalue weighted by Crippen LogP contribution is 2.40. The van der Waals surface area contributed by atoms with Gasteiger partial charge in [-0.05, 0) is 44.9 Å². The van der Waals surface area contributed by atoms with Crippen LogP contribution in [0, 0.1) is 5.41 Å². The van der Waals surface area contributed by atoms with Gasteiger partial charge >= 0.3 is 0 Å². The van der Waals surface area contributed by atoms with E-state index in [1.807, 2.05) is 24.3 Å². The van der Waals surface area contributed by atoms with Crippen LogP contribution >= 0.6 is 0 Å². The molecule has 1 aromatic rings. The van der Waals surface area contributed by atoms with Crippen LogP contribution in [-0.4, -0.2) is 79.6 Å². The van der Waals surface area contributed by atoms with Crippen molar-refractivity contribution >= 4 is 17.2 Å². The van der Waals surface area contributed by atoms with Crippen LogP contribution in [0.5, 0.6) is 5.75 Å². The maximum Gasteiger partial charge on any atom is 0.127 e. The van der Waals surface area contributed by atoms with Crippen molar-refractivity contribution in [1.82, 2.24) is 15.1 Å². The highest BCUT2D eigenvalue weighted by Gasteiger charge is 2.40. The van der Waals surface area contributed by atoms with E-state index in [1.54, 1.807) is 7.11 Å². The minimum Gasteiger partial charge on any atom is -0.488 e. The zero-order chi connectivity index (χ0) is 22.0. The minimum atomic E-state index is -0.0688. The Kier molecular flexibility index (Phi) is 6.20. The maximum atomic E-state index is 8.78. The van der Waals surface area contributed by atoms with E-state index in [4.69, 9.17) is 20.6 Å². The molecule has 0 amide bonds. The van der Waals surface area contributed by atoms with Gasteiger partial charge in [-0.1, -0.05) is 0 Å². The summed E-state index contributed by atoms with van der Waals surface area (Å²) in [5, 5.41) is 12.0. The van der Waals surface area contributed by atoms with E-state index < -0.39 is 0 Å². The molecule has 2 aliphatic heterocycles. The van der Waals surface area contributed by atoms with Gasteiger partial charge in [0.1, 0.15) is 23.9 Å². The molecule has 0 radical (unpaired) electrons. The summed E-state index contributed by atoms with van der Waals surface area (Å²) < 4.78 is 11.4. The van der Waals surface area contributed by atoms with Crippen LogP contribution in [0.2, 0.25) is 0 Å². The fourth-order valence-corrected chi connectivity index (χ4v) is 4.04. The number of methoxy groups -OCH3 is 1. The smallest absolute Gasteiger partial charge is 0.127 e. The molecule has 8 heteroatoms. The highest BCUT2D eigenvalue weighted by atomic mass is 16.5. The minimum absolute atomic E-state index is 0.0688. The van der Waals surface area contributed by atoms with Crippen LogP contribution in [0.15, 0.2) is 35.0 Å². The number of hydrogen-bond acceptors (Lipinski definition) is 8. The van der Waals surface area contributed by atoms with E-state index in [0.29, 0.717) is 29.7 Å². The van der Waals surface area contributed by atoms with Gasteiger partial charge in [0.05, 0.1) is 18.0 Å². The number of allylic oxidation sites excluding steroid dienone is 1. The van der Waals surface area contributed by atoms with Gasteiger partial charge in [0, 0.05) is 56.7 Å². The Morgan fingerprint density at radius 1 is 1.29 bits per heavy atom.